The molecule has 0 spiro atoms. The fourth-order valence-corrected chi connectivity index (χ4v) is 8.27. The average molecular weight is 1030 g/mol. The van der Waals surface area contributed by atoms with Crippen LogP contribution in [-0.4, -0.2) is 60.4 Å². The van der Waals surface area contributed by atoms with Crippen LogP contribution in [0.1, 0.15) is 52.6 Å². The van der Waals surface area contributed by atoms with E-state index in [1.165, 1.54) is 74.9 Å². The maximum Gasteiger partial charge on any atom is 0.411 e. The number of methoxy groups -OCH3 is 2. The van der Waals surface area contributed by atoms with E-state index in [0.29, 0.717) is 35.0 Å². The van der Waals surface area contributed by atoms with E-state index in [1.807, 2.05) is 0 Å². The van der Waals surface area contributed by atoms with Gasteiger partial charge in [0.2, 0.25) is 17.2 Å². The fourth-order valence-electron chi connectivity index (χ4n) is 8.27. The van der Waals surface area contributed by atoms with Crippen LogP contribution in [0.15, 0.2) is 166 Å². The second kappa shape index (κ2) is 20.3. The predicted octanol–water partition coefficient (Wildman–Crippen LogP) is 12.4. The zero-order valence-electron chi connectivity index (χ0n) is 38.9. The Balaban J connectivity index is 1.14. The highest BCUT2D eigenvalue weighted by atomic mass is 19.4. The van der Waals surface area contributed by atoms with Crippen molar-refractivity contribution < 1.29 is 65.2 Å². The summed E-state index contributed by atoms with van der Waals surface area (Å²) in [4.78, 5) is 51.6. The van der Waals surface area contributed by atoms with Gasteiger partial charge >= 0.3 is 12.4 Å². The molecule has 8 aromatic rings. The number of hydrogen-bond donors (Lipinski definition) is 6. The summed E-state index contributed by atoms with van der Waals surface area (Å²) < 4.78 is 104. The first kappa shape index (κ1) is 51.5. The number of phenolic OH excluding ortho intramolecular Hbond substituents is 2. The summed E-state index contributed by atoms with van der Waals surface area (Å²) in [6.45, 7) is 0. The van der Waals surface area contributed by atoms with Crippen LogP contribution in [-0.2, 0) is 5.41 Å². The number of amides is 4. The molecule has 0 fully saturated rings. The lowest BCUT2D eigenvalue weighted by molar-refractivity contribution is -0.288. The number of hydrogen-bond acceptors (Lipinski definition) is 12. The van der Waals surface area contributed by atoms with E-state index in [-0.39, 0.29) is 56.1 Å². The topological polar surface area (TPSA) is 253 Å². The number of nitrogens with one attached hydrogen (secondary N) is 2. The van der Waals surface area contributed by atoms with Gasteiger partial charge in [-0.05, 0) is 94.7 Å². The van der Waals surface area contributed by atoms with E-state index in [1.54, 1.807) is 36.4 Å². The number of ether oxygens (including phenoxy) is 2. The number of aromatic hydroxyl groups is 2. The van der Waals surface area contributed by atoms with Gasteiger partial charge in [-0.2, -0.15) is 26.3 Å². The molecule has 0 bridgehead atoms. The number of carbonyl (C=O) groups excluding carboxylic acids is 4. The average Bonchev–Trinajstić information content (AvgIpc) is 3.37. The first-order chi connectivity index (χ1) is 35.7. The lowest BCUT2D eigenvalue weighted by Crippen LogP contribution is -2.54. The first-order valence-corrected chi connectivity index (χ1v) is 21.9. The zero-order valence-corrected chi connectivity index (χ0v) is 38.9. The number of nitrogens with zero attached hydrogens (tertiary/aromatic N) is 4. The van der Waals surface area contributed by atoms with E-state index in [2.05, 4.69) is 31.1 Å². The highest BCUT2D eigenvalue weighted by Crippen LogP contribution is 2.57. The van der Waals surface area contributed by atoms with Gasteiger partial charge in [0.25, 0.3) is 11.8 Å². The third-order valence-electron chi connectivity index (χ3n) is 11.9. The Labute approximate surface area is 419 Å². The molecule has 8 aromatic carbocycles. The lowest BCUT2D eigenvalue weighted by atomic mass is 9.72. The van der Waals surface area contributed by atoms with Gasteiger partial charge in [0, 0.05) is 33.3 Å². The molecule has 0 aromatic heterocycles. The monoisotopic (exact) mass is 1030 g/mol. The molecule has 4 amide bonds. The highest BCUT2D eigenvalue weighted by molar-refractivity contribution is 6.13. The van der Waals surface area contributed by atoms with E-state index in [9.17, 15) is 29.4 Å². The molecular weight excluding hydrogens is 991 g/mol. The molecule has 0 radical (unpaired) electrons. The number of rotatable bonds is 14. The van der Waals surface area contributed by atoms with Gasteiger partial charge in [0.15, 0.2) is 11.5 Å². The molecule has 16 nitrogen and oxygen atoms in total. The quantitative estimate of drug-likeness (QED) is 0.0450. The highest BCUT2D eigenvalue weighted by Gasteiger charge is 2.72. The van der Waals surface area contributed by atoms with Gasteiger partial charge in [-0.3, -0.25) is 19.2 Å². The molecule has 0 saturated heterocycles. The number of fused-ring (bicyclic) bond motifs is 2. The maximum atomic E-state index is 15.6. The van der Waals surface area contributed by atoms with Crippen LogP contribution in [0.3, 0.4) is 0 Å². The Kier molecular flexibility index (Phi) is 14.0. The zero-order chi connectivity index (χ0) is 54.0. The van der Waals surface area contributed by atoms with Crippen molar-refractivity contribution in [2.75, 3.05) is 24.9 Å². The van der Waals surface area contributed by atoms with Crippen molar-refractivity contribution >= 4 is 79.3 Å². The van der Waals surface area contributed by atoms with Crippen LogP contribution < -0.4 is 31.6 Å². The van der Waals surface area contributed by atoms with Crippen molar-refractivity contribution in [3.63, 3.8) is 0 Å². The summed E-state index contributed by atoms with van der Waals surface area (Å²) in [7, 11) is 2.64. The number of azo groups is 2. The van der Waals surface area contributed by atoms with Crippen LogP contribution >= 0.6 is 0 Å². The molecule has 0 aliphatic heterocycles. The van der Waals surface area contributed by atoms with Gasteiger partial charge in [-0.25, -0.2) is 0 Å². The molecule has 8 rings (SSSR count). The smallest absolute Gasteiger partial charge is 0.411 e. The summed E-state index contributed by atoms with van der Waals surface area (Å²) in [6.07, 6.45) is -12.3. The summed E-state index contributed by atoms with van der Waals surface area (Å²) in [5.41, 5.74) is 0.649. The van der Waals surface area contributed by atoms with Gasteiger partial charge in [0.1, 0.15) is 34.2 Å². The lowest BCUT2D eigenvalue weighted by Gasteiger charge is -2.38. The Hall–Kier alpha value is -9.86. The molecule has 0 atom stereocenters. The minimum Gasteiger partial charge on any atom is -0.505 e. The molecule has 22 heteroatoms. The normalized spacial score (nSPS) is 12.1. The van der Waals surface area contributed by atoms with Crippen LogP contribution in [0.4, 0.5) is 60.5 Å². The van der Waals surface area contributed by atoms with Crippen LogP contribution in [0, 0.1) is 0 Å². The number of primary amides is 2. The summed E-state index contributed by atoms with van der Waals surface area (Å²) in [6, 6.07) is 28.9. The van der Waals surface area contributed by atoms with Crippen LogP contribution in [0.25, 0.3) is 21.5 Å². The number of anilines is 2. The first-order valence-electron chi connectivity index (χ1n) is 21.9. The number of benzene rings is 8. The summed E-state index contributed by atoms with van der Waals surface area (Å²) in [5.74, 6) is -5.19. The minimum absolute atomic E-state index is 0.00164. The molecule has 380 valence electrons. The van der Waals surface area contributed by atoms with E-state index in [0.717, 1.165) is 24.3 Å². The summed E-state index contributed by atoms with van der Waals surface area (Å²) >= 11 is 0. The molecule has 75 heavy (non-hydrogen) atoms. The standard InChI is InChI=1S/C53H38F6N8O8/c1-74-41-19-17-29(47(60)70)23-39(41)64-66-43-35-15-5-3-9-27(35)21-37(45(43)68)49(72)62-33-13-7-11-31(25-33)51(52(54,55)56,53(57,58)59)32-12-8-14-34(26-32)63-50(73)38-22-28-10-4-6-16-36(28)44(46(38)69)67-65-40-24-30(48(61)71)18-20-42(40)75-2/h3-26,68-69H,1-2H3,(H2,60,70)(H2,61,71)(H,62,72)(H,63,73). The molecule has 0 saturated carbocycles. The van der Waals surface area contributed by atoms with E-state index < -0.39 is 86.5 Å². The molecule has 0 unspecified atom stereocenters. The van der Waals surface area contributed by atoms with Crippen molar-refractivity contribution in [3.8, 4) is 23.0 Å². The van der Waals surface area contributed by atoms with Crippen molar-refractivity contribution in [2.24, 2.45) is 31.9 Å². The predicted molar refractivity (Wildman–Crippen MR) is 264 cm³/mol. The number of halogens is 6. The SMILES string of the molecule is COc1ccc(C(N)=O)cc1N=Nc1c(O)c(C(=O)Nc2cccc(C(c3cccc(NC(=O)c4cc5ccccc5c(N=Nc5cc(C(N)=O)ccc5OC)c4O)c3)(C(F)(F)F)C(F)(F)F)c2)cc2ccccc12. The number of carbonyl (C=O) groups is 4. The minimum atomic E-state index is -6.14. The fraction of sp³-hybridized carbons (Fsp3) is 0.0943. The Morgan fingerprint density at radius 2 is 0.880 bits per heavy atom. The molecule has 0 aliphatic rings. The third-order valence-corrected chi connectivity index (χ3v) is 11.9. The Bertz CT molecular complexity index is 3440. The summed E-state index contributed by atoms with van der Waals surface area (Å²) in [5, 5.41) is 45.2. The van der Waals surface area contributed by atoms with Crippen molar-refractivity contribution in [3.05, 3.63) is 179 Å². The number of alkyl halides is 6. The van der Waals surface area contributed by atoms with Gasteiger partial charge in [-0.15, -0.1) is 20.5 Å². The molecule has 0 aliphatic carbocycles. The molecule has 0 heterocycles. The molecule has 8 N–H and O–H groups in total. The maximum absolute atomic E-state index is 15.6. The van der Waals surface area contributed by atoms with Crippen molar-refractivity contribution in [1.29, 1.82) is 0 Å². The third kappa shape index (κ3) is 9.90. The second-order valence-electron chi connectivity index (χ2n) is 16.4. The largest absolute Gasteiger partial charge is 0.505 e. The van der Waals surface area contributed by atoms with Gasteiger partial charge in [0.05, 0.1) is 25.3 Å². The van der Waals surface area contributed by atoms with Crippen LogP contribution in [0.5, 0.6) is 23.0 Å². The number of nitrogens with two attached hydrogens (primary N) is 2. The number of phenols is 2. The van der Waals surface area contributed by atoms with Crippen LogP contribution in [0.2, 0.25) is 0 Å². The van der Waals surface area contributed by atoms with E-state index in [4.69, 9.17) is 20.9 Å². The molecular formula is C53H38F6N8O8. The second-order valence-corrected chi connectivity index (χ2v) is 16.4. The van der Waals surface area contributed by atoms with E-state index >= 15 is 26.3 Å². The van der Waals surface area contributed by atoms with Gasteiger partial charge in [-0.1, -0.05) is 72.8 Å². The Morgan fingerprint density at radius 3 is 1.24 bits per heavy atom. The Morgan fingerprint density at radius 1 is 0.493 bits per heavy atom. The van der Waals surface area contributed by atoms with Crippen molar-refractivity contribution in [2.45, 2.75) is 17.8 Å². The van der Waals surface area contributed by atoms with Gasteiger partial charge < -0.3 is 41.8 Å². The van der Waals surface area contributed by atoms with Crippen molar-refractivity contribution in [1.82, 2.24) is 0 Å².